The predicted molar refractivity (Wildman–Crippen MR) is 105 cm³/mol. The molecule has 1 saturated carbocycles. The fourth-order valence-corrected chi connectivity index (χ4v) is 5.04. The van der Waals surface area contributed by atoms with E-state index in [-0.39, 0.29) is 11.9 Å². The number of hydrogen-bond donors (Lipinski definition) is 2. The van der Waals surface area contributed by atoms with E-state index in [1.807, 2.05) is 19.0 Å². The summed E-state index contributed by atoms with van der Waals surface area (Å²) in [5.41, 5.74) is 2.53. The van der Waals surface area contributed by atoms with Crippen LogP contribution in [0.4, 0.5) is 11.8 Å². The Kier molecular flexibility index (Phi) is 4.97. The zero-order chi connectivity index (χ0) is 19.1. The first-order chi connectivity index (χ1) is 12.9. The molecule has 0 bridgehead atoms. The molecule has 7 heteroatoms. The molecule has 1 aromatic heterocycles. The molecule has 0 radical (unpaired) electrons. The summed E-state index contributed by atoms with van der Waals surface area (Å²) in [6, 6.07) is -0.125. The first-order valence-corrected chi connectivity index (χ1v) is 10.2. The Balaban J connectivity index is 1.58. The van der Waals surface area contributed by atoms with E-state index < -0.39 is 6.10 Å². The quantitative estimate of drug-likeness (QED) is 0.827. The number of rotatable bonds is 3. The van der Waals surface area contributed by atoms with Crippen LogP contribution in [0.15, 0.2) is 0 Å². The molecule has 2 aliphatic carbocycles. The third-order valence-corrected chi connectivity index (χ3v) is 6.38. The van der Waals surface area contributed by atoms with Crippen LogP contribution in [-0.4, -0.2) is 60.3 Å². The van der Waals surface area contributed by atoms with Gasteiger partial charge >= 0.3 is 0 Å². The third-order valence-electron chi connectivity index (χ3n) is 6.38. The Hall–Kier alpha value is -1.89. The van der Waals surface area contributed by atoms with Crippen molar-refractivity contribution in [2.75, 3.05) is 37.0 Å². The molecule has 7 nitrogen and oxygen atoms in total. The smallest absolute Gasteiger partial charge is 0.227 e. The molecule has 4 rings (SSSR count). The average Bonchev–Trinajstić information content (AvgIpc) is 3.03. The van der Waals surface area contributed by atoms with E-state index in [9.17, 15) is 9.90 Å². The van der Waals surface area contributed by atoms with Gasteiger partial charge in [-0.1, -0.05) is 0 Å². The highest BCUT2D eigenvalue weighted by Gasteiger charge is 2.43. The fraction of sp³-hybridized carbons (Fsp3) is 0.750. The topological polar surface area (TPSA) is 81.6 Å². The van der Waals surface area contributed by atoms with Crippen LogP contribution in [-0.2, 0) is 17.6 Å². The van der Waals surface area contributed by atoms with Crippen LogP contribution in [0.3, 0.4) is 0 Å². The summed E-state index contributed by atoms with van der Waals surface area (Å²) < 4.78 is 0. The minimum absolute atomic E-state index is 0.0622. The second-order valence-electron chi connectivity index (χ2n) is 8.64. The maximum Gasteiger partial charge on any atom is 0.227 e. The number of anilines is 2. The highest BCUT2D eigenvalue weighted by molar-refractivity contribution is 5.73. The van der Waals surface area contributed by atoms with Gasteiger partial charge in [-0.25, -0.2) is 4.98 Å². The molecule has 0 spiro atoms. The van der Waals surface area contributed by atoms with Crippen molar-refractivity contribution in [3.05, 3.63) is 11.3 Å². The molecule has 0 unspecified atom stereocenters. The molecule has 2 N–H and O–H groups in total. The lowest BCUT2D eigenvalue weighted by atomic mass is 9.77. The largest absolute Gasteiger partial charge is 0.391 e. The fourth-order valence-electron chi connectivity index (χ4n) is 5.04. The van der Waals surface area contributed by atoms with E-state index in [2.05, 4.69) is 10.2 Å². The number of aryl methyl sites for hydroxylation is 1. The van der Waals surface area contributed by atoms with Crippen LogP contribution in [0.1, 0.15) is 43.9 Å². The zero-order valence-electron chi connectivity index (χ0n) is 16.6. The molecule has 3 aliphatic rings. The van der Waals surface area contributed by atoms with Crippen LogP contribution in [0.2, 0.25) is 0 Å². The molecule has 1 amide bonds. The minimum atomic E-state index is -0.452. The maximum absolute atomic E-state index is 11.4. The van der Waals surface area contributed by atoms with Crippen molar-refractivity contribution < 1.29 is 9.90 Å². The van der Waals surface area contributed by atoms with Crippen LogP contribution in [0, 0.1) is 11.8 Å². The molecule has 2 heterocycles. The van der Waals surface area contributed by atoms with Crippen molar-refractivity contribution in [2.45, 2.75) is 57.6 Å². The van der Waals surface area contributed by atoms with Gasteiger partial charge in [0.25, 0.3) is 0 Å². The zero-order valence-corrected chi connectivity index (χ0v) is 16.6. The summed E-state index contributed by atoms with van der Waals surface area (Å²) in [4.78, 5) is 25.6. The number of nitrogens with one attached hydrogen (secondary N) is 1. The SMILES string of the molecule is CC(=O)N[C@@H]1C[C@@H]2CN(c3nc(N(C)C)nc4c3CCCC4)C[C@@H]2C[C@H]1O. The van der Waals surface area contributed by atoms with Crippen molar-refractivity contribution in [3.8, 4) is 0 Å². The monoisotopic (exact) mass is 373 g/mol. The molecule has 1 aliphatic heterocycles. The van der Waals surface area contributed by atoms with Crippen molar-refractivity contribution in [3.63, 3.8) is 0 Å². The molecular formula is C20H31N5O2. The Bertz CT molecular complexity index is 723. The summed E-state index contributed by atoms with van der Waals surface area (Å²) in [5.74, 6) is 2.78. The van der Waals surface area contributed by atoms with Gasteiger partial charge in [-0.3, -0.25) is 4.79 Å². The standard InChI is InChI=1S/C20H31N5O2/c1-12(26)21-17-8-13-10-25(11-14(13)9-18(17)27)19-15-6-4-5-7-16(15)22-20(23-19)24(2)3/h13-14,17-18,27H,4-11H2,1-3H3,(H,21,26)/t13-,14+,17-,18-/m1/s1. The number of carbonyl (C=O) groups excluding carboxylic acids is 1. The molecule has 2 fully saturated rings. The highest BCUT2D eigenvalue weighted by Crippen LogP contribution is 2.40. The highest BCUT2D eigenvalue weighted by atomic mass is 16.3. The van der Waals surface area contributed by atoms with Gasteiger partial charge in [-0.2, -0.15) is 4.98 Å². The third kappa shape index (κ3) is 3.61. The number of fused-ring (bicyclic) bond motifs is 2. The number of aliphatic hydroxyl groups excluding tert-OH is 1. The molecule has 148 valence electrons. The second-order valence-corrected chi connectivity index (χ2v) is 8.64. The lowest BCUT2D eigenvalue weighted by molar-refractivity contribution is -0.121. The number of hydrogen-bond acceptors (Lipinski definition) is 6. The molecule has 27 heavy (non-hydrogen) atoms. The minimum Gasteiger partial charge on any atom is -0.391 e. The number of aliphatic hydroxyl groups is 1. The maximum atomic E-state index is 11.4. The summed E-state index contributed by atoms with van der Waals surface area (Å²) in [7, 11) is 3.99. The van der Waals surface area contributed by atoms with Gasteiger partial charge in [0.1, 0.15) is 5.82 Å². The van der Waals surface area contributed by atoms with E-state index in [1.54, 1.807) is 0 Å². The van der Waals surface area contributed by atoms with Crippen LogP contribution in [0.25, 0.3) is 0 Å². The summed E-state index contributed by atoms with van der Waals surface area (Å²) >= 11 is 0. The van der Waals surface area contributed by atoms with Gasteiger partial charge in [0.15, 0.2) is 0 Å². The van der Waals surface area contributed by atoms with Gasteiger partial charge in [0.05, 0.1) is 17.8 Å². The van der Waals surface area contributed by atoms with Gasteiger partial charge < -0.3 is 20.2 Å². The van der Waals surface area contributed by atoms with Gasteiger partial charge in [0.2, 0.25) is 11.9 Å². The molecule has 1 aromatic rings. The number of amides is 1. The number of aromatic nitrogens is 2. The second kappa shape index (κ2) is 7.26. The first-order valence-electron chi connectivity index (χ1n) is 10.2. The summed E-state index contributed by atoms with van der Waals surface area (Å²) in [6.07, 6.45) is 5.64. The Morgan fingerprint density at radius 3 is 2.56 bits per heavy atom. The lowest BCUT2D eigenvalue weighted by Gasteiger charge is -2.35. The van der Waals surface area contributed by atoms with Gasteiger partial charge in [-0.05, 0) is 50.4 Å². The molecular weight excluding hydrogens is 342 g/mol. The van der Waals surface area contributed by atoms with E-state index in [0.717, 1.165) is 50.5 Å². The van der Waals surface area contributed by atoms with E-state index in [4.69, 9.17) is 9.97 Å². The molecule has 4 atom stereocenters. The number of nitrogens with zero attached hydrogens (tertiary/aromatic N) is 4. The Morgan fingerprint density at radius 2 is 1.85 bits per heavy atom. The van der Waals surface area contributed by atoms with E-state index >= 15 is 0 Å². The average molecular weight is 374 g/mol. The van der Waals surface area contributed by atoms with Gasteiger partial charge in [-0.15, -0.1) is 0 Å². The predicted octanol–water partition coefficient (Wildman–Crippen LogP) is 1.13. The molecule has 1 saturated heterocycles. The van der Waals surface area contributed by atoms with Gasteiger partial charge in [0, 0.05) is 39.7 Å². The van der Waals surface area contributed by atoms with Crippen LogP contribution >= 0.6 is 0 Å². The summed E-state index contributed by atoms with van der Waals surface area (Å²) in [5, 5.41) is 13.4. The normalized spacial score (nSPS) is 29.9. The summed E-state index contributed by atoms with van der Waals surface area (Å²) in [6.45, 7) is 3.41. The van der Waals surface area contributed by atoms with Crippen molar-refractivity contribution in [2.24, 2.45) is 11.8 Å². The molecule has 0 aromatic carbocycles. The van der Waals surface area contributed by atoms with E-state index in [0.29, 0.717) is 11.8 Å². The van der Waals surface area contributed by atoms with Crippen molar-refractivity contribution in [1.29, 1.82) is 0 Å². The van der Waals surface area contributed by atoms with E-state index in [1.165, 1.54) is 31.0 Å². The van der Waals surface area contributed by atoms with Crippen LogP contribution in [0.5, 0.6) is 0 Å². The lowest BCUT2D eigenvalue weighted by Crippen LogP contribution is -2.48. The Morgan fingerprint density at radius 1 is 1.15 bits per heavy atom. The Labute approximate surface area is 161 Å². The van der Waals surface area contributed by atoms with Crippen molar-refractivity contribution >= 4 is 17.7 Å². The number of carbonyl (C=O) groups is 1. The first kappa shape index (κ1) is 18.5. The van der Waals surface area contributed by atoms with Crippen molar-refractivity contribution in [1.82, 2.24) is 15.3 Å². The van der Waals surface area contributed by atoms with Crippen LogP contribution < -0.4 is 15.1 Å².